The maximum atomic E-state index is 12.0. The molecule has 0 saturated heterocycles. The minimum atomic E-state index is -5.14. The minimum absolute atomic E-state index is 0.230. The van der Waals surface area contributed by atoms with Crippen molar-refractivity contribution in [2.24, 2.45) is 0 Å². The van der Waals surface area contributed by atoms with Gasteiger partial charge in [0.2, 0.25) is 0 Å². The van der Waals surface area contributed by atoms with Crippen LogP contribution in [0.15, 0.2) is 0 Å². The van der Waals surface area contributed by atoms with Crippen LogP contribution in [0.2, 0.25) is 0 Å². The molecule has 0 amide bonds. The third-order valence-electron chi connectivity index (χ3n) is 1.17. The summed E-state index contributed by atoms with van der Waals surface area (Å²) in [6.07, 6.45) is -10.2. The van der Waals surface area contributed by atoms with E-state index in [0.717, 1.165) is 0 Å². The normalized spacial score (nSPS) is 13.3. The first-order chi connectivity index (χ1) is 6.12. The van der Waals surface area contributed by atoms with Crippen LogP contribution in [0, 0.1) is 0 Å². The van der Waals surface area contributed by atoms with Gasteiger partial charge in [-0.2, -0.15) is 26.3 Å². The van der Waals surface area contributed by atoms with Crippen molar-refractivity contribution in [3.05, 3.63) is 10.6 Å². The zero-order valence-electron chi connectivity index (χ0n) is 6.20. The van der Waals surface area contributed by atoms with Gasteiger partial charge in [-0.3, -0.25) is 0 Å². The molecule has 0 atom stereocenters. The number of hydrogen-bond donors (Lipinski definition) is 1. The highest BCUT2D eigenvalue weighted by Crippen LogP contribution is 2.43. The average Bonchev–Trinajstić information content (AvgIpc) is 2.27. The van der Waals surface area contributed by atoms with Gasteiger partial charge < -0.3 is 5.73 Å². The Morgan fingerprint density at radius 3 is 1.79 bits per heavy atom. The second-order valence-electron chi connectivity index (χ2n) is 2.23. The summed E-state index contributed by atoms with van der Waals surface area (Å²) < 4.78 is 72.0. The molecule has 0 aliphatic carbocycles. The van der Waals surface area contributed by atoms with E-state index in [1.807, 2.05) is 0 Å². The fourth-order valence-electron chi connectivity index (χ4n) is 0.721. The summed E-state index contributed by atoms with van der Waals surface area (Å²) in [7, 11) is 0. The maximum absolute atomic E-state index is 12.0. The van der Waals surface area contributed by atoms with Crippen molar-refractivity contribution >= 4 is 16.5 Å². The fourth-order valence-corrected chi connectivity index (χ4v) is 1.44. The second kappa shape index (κ2) is 3.01. The zero-order valence-corrected chi connectivity index (χ0v) is 7.02. The summed E-state index contributed by atoms with van der Waals surface area (Å²) in [4.78, 5) is 0.783. The van der Waals surface area contributed by atoms with E-state index in [1.54, 1.807) is 0 Å². The van der Waals surface area contributed by atoms with E-state index < -0.39 is 28.1 Å². The SMILES string of the molecule is Nc1nc(C(F)(F)F)c(C(F)(F)F)s1. The summed E-state index contributed by atoms with van der Waals surface area (Å²) in [6.45, 7) is 0. The lowest BCUT2D eigenvalue weighted by Crippen LogP contribution is -2.14. The molecule has 0 unspecified atom stereocenters. The molecule has 0 spiro atoms. The highest BCUT2D eigenvalue weighted by atomic mass is 32.1. The Bertz CT molecular complexity index is 305. The van der Waals surface area contributed by atoms with Crippen LogP contribution in [0.1, 0.15) is 10.6 Å². The summed E-state index contributed by atoms with van der Waals surface area (Å²) in [6, 6.07) is 0. The van der Waals surface area contributed by atoms with Crippen molar-refractivity contribution in [3.8, 4) is 0 Å². The number of halogens is 6. The topological polar surface area (TPSA) is 38.9 Å². The Morgan fingerprint density at radius 1 is 1.00 bits per heavy atom. The second-order valence-corrected chi connectivity index (χ2v) is 3.26. The number of nitrogens with zero attached hydrogens (tertiary/aromatic N) is 1. The van der Waals surface area contributed by atoms with E-state index in [-0.39, 0.29) is 11.3 Å². The molecule has 0 bridgehead atoms. The van der Waals surface area contributed by atoms with E-state index in [0.29, 0.717) is 0 Å². The van der Waals surface area contributed by atoms with Crippen LogP contribution in [0.5, 0.6) is 0 Å². The standard InChI is InChI=1S/C5H2F6N2S/c6-4(7,8)1-2(5(9,10)11)14-3(12)13-1/h(H2,12,13). The van der Waals surface area contributed by atoms with Gasteiger partial charge in [0.1, 0.15) is 4.88 Å². The average molecular weight is 236 g/mol. The maximum Gasteiger partial charge on any atom is 0.434 e. The number of thiazole rings is 1. The van der Waals surface area contributed by atoms with Crippen molar-refractivity contribution in [2.75, 3.05) is 5.73 Å². The predicted molar refractivity (Wildman–Crippen MR) is 36.5 cm³/mol. The molecule has 0 fully saturated rings. The van der Waals surface area contributed by atoms with Crippen LogP contribution in [0.25, 0.3) is 0 Å². The number of aromatic nitrogens is 1. The van der Waals surface area contributed by atoms with Crippen LogP contribution in [-0.4, -0.2) is 4.98 Å². The molecule has 0 saturated carbocycles. The molecule has 2 nitrogen and oxygen atoms in total. The lowest BCUT2D eigenvalue weighted by atomic mass is 10.3. The number of anilines is 1. The van der Waals surface area contributed by atoms with E-state index >= 15 is 0 Å². The Labute approximate surface area is 77.4 Å². The number of nitrogens with two attached hydrogens (primary N) is 1. The molecule has 0 aliphatic rings. The first-order valence-electron chi connectivity index (χ1n) is 3.03. The fraction of sp³-hybridized carbons (Fsp3) is 0.400. The monoisotopic (exact) mass is 236 g/mol. The third kappa shape index (κ3) is 2.08. The van der Waals surface area contributed by atoms with Gasteiger partial charge in [0.05, 0.1) is 0 Å². The van der Waals surface area contributed by atoms with Gasteiger partial charge in [0.15, 0.2) is 10.8 Å². The number of rotatable bonds is 0. The lowest BCUT2D eigenvalue weighted by molar-refractivity contribution is -0.161. The molecular formula is C5H2F6N2S. The van der Waals surface area contributed by atoms with E-state index in [4.69, 9.17) is 5.73 Å². The van der Waals surface area contributed by atoms with Crippen molar-refractivity contribution < 1.29 is 26.3 Å². The first kappa shape index (κ1) is 11.1. The van der Waals surface area contributed by atoms with Crippen LogP contribution >= 0.6 is 11.3 Å². The molecule has 0 aliphatic heterocycles. The molecule has 1 heterocycles. The van der Waals surface area contributed by atoms with E-state index in [1.165, 1.54) is 0 Å². The number of nitrogen functional groups attached to an aromatic ring is 1. The predicted octanol–water partition coefficient (Wildman–Crippen LogP) is 2.76. The highest BCUT2D eigenvalue weighted by Gasteiger charge is 2.46. The van der Waals surface area contributed by atoms with Crippen LogP contribution < -0.4 is 5.73 Å². The van der Waals surface area contributed by atoms with Gasteiger partial charge in [-0.05, 0) is 0 Å². The molecule has 0 radical (unpaired) electrons. The lowest BCUT2D eigenvalue weighted by Gasteiger charge is -2.07. The summed E-state index contributed by atoms with van der Waals surface area (Å²) >= 11 is -0.230. The Morgan fingerprint density at radius 2 is 1.50 bits per heavy atom. The van der Waals surface area contributed by atoms with Crippen molar-refractivity contribution in [2.45, 2.75) is 12.4 Å². The van der Waals surface area contributed by atoms with Crippen molar-refractivity contribution in [1.82, 2.24) is 4.98 Å². The van der Waals surface area contributed by atoms with Gasteiger partial charge in [0, 0.05) is 0 Å². The van der Waals surface area contributed by atoms with Crippen LogP contribution in [0.4, 0.5) is 31.5 Å². The molecule has 9 heteroatoms. The summed E-state index contributed by atoms with van der Waals surface area (Å²) in [5, 5.41) is -0.760. The Balaban J connectivity index is 3.31. The zero-order chi connectivity index (χ0) is 11.1. The Hall–Kier alpha value is -0.990. The Kier molecular flexibility index (Phi) is 2.38. The van der Waals surface area contributed by atoms with Crippen molar-refractivity contribution in [1.29, 1.82) is 0 Å². The number of hydrogen-bond acceptors (Lipinski definition) is 3. The van der Waals surface area contributed by atoms with Gasteiger partial charge in [-0.15, -0.1) is 0 Å². The van der Waals surface area contributed by atoms with Gasteiger partial charge >= 0.3 is 12.4 Å². The smallest absolute Gasteiger partial charge is 0.375 e. The largest absolute Gasteiger partial charge is 0.434 e. The molecule has 80 valence electrons. The molecule has 1 aromatic heterocycles. The van der Waals surface area contributed by atoms with Gasteiger partial charge in [0.25, 0.3) is 0 Å². The molecule has 1 rings (SSSR count). The highest BCUT2D eigenvalue weighted by molar-refractivity contribution is 7.15. The quantitative estimate of drug-likeness (QED) is 0.703. The summed E-state index contributed by atoms with van der Waals surface area (Å²) in [5.41, 5.74) is 2.80. The van der Waals surface area contributed by atoms with Gasteiger partial charge in [-0.25, -0.2) is 4.98 Å². The number of alkyl halides is 6. The van der Waals surface area contributed by atoms with Gasteiger partial charge in [-0.1, -0.05) is 11.3 Å². The van der Waals surface area contributed by atoms with Crippen LogP contribution in [-0.2, 0) is 12.4 Å². The molecule has 0 aromatic carbocycles. The molecule has 14 heavy (non-hydrogen) atoms. The van der Waals surface area contributed by atoms with E-state index in [2.05, 4.69) is 4.98 Å². The van der Waals surface area contributed by atoms with Crippen LogP contribution in [0.3, 0.4) is 0 Å². The van der Waals surface area contributed by atoms with E-state index in [9.17, 15) is 26.3 Å². The van der Waals surface area contributed by atoms with Crippen molar-refractivity contribution in [3.63, 3.8) is 0 Å². The molecule has 1 aromatic rings. The molecular weight excluding hydrogens is 234 g/mol. The molecule has 2 N–H and O–H groups in total. The minimum Gasteiger partial charge on any atom is -0.375 e. The summed E-state index contributed by atoms with van der Waals surface area (Å²) in [5.74, 6) is 0. The third-order valence-corrected chi connectivity index (χ3v) is 2.10. The first-order valence-corrected chi connectivity index (χ1v) is 3.84.